The van der Waals surface area contributed by atoms with Gasteiger partial charge in [0.1, 0.15) is 0 Å². The zero-order valence-corrected chi connectivity index (χ0v) is 10.7. The lowest BCUT2D eigenvalue weighted by Gasteiger charge is -2.43. The molecule has 0 aromatic rings. The highest BCUT2D eigenvalue weighted by atomic mass is 16.1. The Bertz CT molecular complexity index is 221. The van der Waals surface area contributed by atoms with Gasteiger partial charge in [0.2, 0.25) is 5.91 Å². The van der Waals surface area contributed by atoms with Crippen molar-refractivity contribution in [3.05, 3.63) is 0 Å². The normalized spacial score (nSPS) is 14.2. The maximum absolute atomic E-state index is 11.2. The van der Waals surface area contributed by atoms with Crippen molar-refractivity contribution >= 4 is 5.91 Å². The molecule has 0 spiro atoms. The lowest BCUT2D eigenvalue weighted by atomic mass is 9.62. The van der Waals surface area contributed by atoms with Crippen molar-refractivity contribution in [1.82, 2.24) is 0 Å². The Morgan fingerprint density at radius 2 is 1.36 bits per heavy atom. The van der Waals surface area contributed by atoms with Crippen LogP contribution in [0.25, 0.3) is 0 Å². The number of carbonyl (C=O) groups excluding carboxylic acids is 1. The fourth-order valence-corrected chi connectivity index (χ4v) is 1.46. The highest BCUT2D eigenvalue weighted by Gasteiger charge is 2.39. The van der Waals surface area contributed by atoms with Crippen LogP contribution in [0.5, 0.6) is 0 Å². The molecule has 84 valence electrons. The van der Waals surface area contributed by atoms with Crippen molar-refractivity contribution in [2.45, 2.75) is 54.9 Å². The fraction of sp³-hybridized carbons (Fsp3) is 0.917. The van der Waals surface area contributed by atoms with Gasteiger partial charge in [-0.25, -0.2) is 0 Å². The second-order valence-corrected chi connectivity index (χ2v) is 6.56. The molecule has 0 aliphatic rings. The van der Waals surface area contributed by atoms with E-state index in [1.807, 2.05) is 13.8 Å². The molecule has 0 saturated carbocycles. The maximum Gasteiger partial charge on any atom is 0.223 e. The third-order valence-electron chi connectivity index (χ3n) is 3.58. The van der Waals surface area contributed by atoms with Gasteiger partial charge in [0.25, 0.3) is 0 Å². The molecular weight excluding hydrogens is 174 g/mol. The average Bonchev–Trinajstić information content (AvgIpc) is 1.80. The van der Waals surface area contributed by atoms with Gasteiger partial charge in [-0.2, -0.15) is 0 Å². The van der Waals surface area contributed by atoms with Crippen LogP contribution in [0.15, 0.2) is 0 Å². The number of hydrogen-bond acceptors (Lipinski definition) is 1. The first-order chi connectivity index (χ1) is 5.90. The lowest BCUT2D eigenvalue weighted by Crippen LogP contribution is -2.40. The topological polar surface area (TPSA) is 43.1 Å². The molecule has 0 rings (SSSR count). The van der Waals surface area contributed by atoms with Crippen LogP contribution in [0, 0.1) is 16.2 Å². The highest BCUT2D eigenvalue weighted by Crippen LogP contribution is 2.45. The SMILES string of the molecule is CC(C)(CC(C)(C)C(C)(C)C)C(N)=O. The first-order valence-corrected chi connectivity index (χ1v) is 5.20. The van der Waals surface area contributed by atoms with Gasteiger partial charge in [0, 0.05) is 5.41 Å². The molecule has 0 fully saturated rings. The van der Waals surface area contributed by atoms with Crippen molar-refractivity contribution in [2.75, 3.05) is 0 Å². The van der Waals surface area contributed by atoms with Crippen molar-refractivity contribution in [1.29, 1.82) is 0 Å². The smallest absolute Gasteiger partial charge is 0.223 e. The summed E-state index contributed by atoms with van der Waals surface area (Å²) in [5.41, 5.74) is 5.24. The van der Waals surface area contributed by atoms with E-state index in [0.29, 0.717) is 0 Å². The van der Waals surface area contributed by atoms with Crippen LogP contribution in [0.3, 0.4) is 0 Å². The van der Waals surface area contributed by atoms with Gasteiger partial charge in [0.15, 0.2) is 0 Å². The molecule has 0 aliphatic heterocycles. The van der Waals surface area contributed by atoms with E-state index >= 15 is 0 Å². The molecule has 2 heteroatoms. The molecule has 0 unspecified atom stereocenters. The second-order valence-electron chi connectivity index (χ2n) is 6.56. The summed E-state index contributed by atoms with van der Waals surface area (Å²) in [6.45, 7) is 14.8. The number of nitrogens with two attached hydrogens (primary N) is 1. The van der Waals surface area contributed by atoms with E-state index in [4.69, 9.17) is 5.73 Å². The van der Waals surface area contributed by atoms with Crippen LogP contribution >= 0.6 is 0 Å². The van der Waals surface area contributed by atoms with Gasteiger partial charge in [-0.15, -0.1) is 0 Å². The van der Waals surface area contributed by atoms with Crippen LogP contribution in [0.1, 0.15) is 54.9 Å². The zero-order chi connectivity index (χ0) is 11.8. The lowest BCUT2D eigenvalue weighted by molar-refractivity contribution is -0.128. The molecule has 2 N–H and O–H groups in total. The first-order valence-electron chi connectivity index (χ1n) is 5.20. The Balaban J connectivity index is 4.76. The molecule has 0 bridgehead atoms. The van der Waals surface area contributed by atoms with Crippen LogP contribution < -0.4 is 5.73 Å². The number of carbonyl (C=O) groups is 1. The van der Waals surface area contributed by atoms with Gasteiger partial charge < -0.3 is 5.73 Å². The summed E-state index contributed by atoms with van der Waals surface area (Å²) < 4.78 is 0. The molecule has 0 aromatic carbocycles. The van der Waals surface area contributed by atoms with E-state index in [-0.39, 0.29) is 16.7 Å². The number of primary amides is 1. The number of rotatable bonds is 3. The van der Waals surface area contributed by atoms with E-state index in [0.717, 1.165) is 6.42 Å². The van der Waals surface area contributed by atoms with Crippen molar-refractivity contribution in [2.24, 2.45) is 22.0 Å². The second kappa shape index (κ2) is 3.56. The molecule has 0 radical (unpaired) electrons. The van der Waals surface area contributed by atoms with E-state index in [1.54, 1.807) is 0 Å². The zero-order valence-electron chi connectivity index (χ0n) is 10.7. The minimum atomic E-state index is -0.420. The Kier molecular flexibility index (Phi) is 3.42. The van der Waals surface area contributed by atoms with Crippen molar-refractivity contribution < 1.29 is 4.79 Å². The quantitative estimate of drug-likeness (QED) is 0.746. The molecule has 0 aromatic heterocycles. The number of hydrogen-bond donors (Lipinski definition) is 1. The van der Waals surface area contributed by atoms with Gasteiger partial charge in [-0.1, -0.05) is 48.5 Å². The van der Waals surface area contributed by atoms with Crippen LogP contribution in [-0.2, 0) is 4.79 Å². The van der Waals surface area contributed by atoms with E-state index in [9.17, 15) is 4.79 Å². The Labute approximate surface area is 88.3 Å². The first kappa shape index (κ1) is 13.5. The Morgan fingerprint density at radius 3 is 1.57 bits per heavy atom. The predicted molar refractivity (Wildman–Crippen MR) is 60.8 cm³/mol. The average molecular weight is 199 g/mol. The summed E-state index contributed by atoms with van der Waals surface area (Å²) in [5.74, 6) is -0.213. The summed E-state index contributed by atoms with van der Waals surface area (Å²) in [5, 5.41) is 0. The Hall–Kier alpha value is -0.530. The summed E-state index contributed by atoms with van der Waals surface area (Å²) in [7, 11) is 0. The summed E-state index contributed by atoms with van der Waals surface area (Å²) in [6.07, 6.45) is 0.818. The van der Waals surface area contributed by atoms with Crippen molar-refractivity contribution in [3.8, 4) is 0 Å². The summed E-state index contributed by atoms with van der Waals surface area (Å²) in [6, 6.07) is 0. The van der Waals surface area contributed by atoms with Crippen LogP contribution in [0.4, 0.5) is 0 Å². The minimum absolute atomic E-state index is 0.103. The minimum Gasteiger partial charge on any atom is -0.369 e. The third kappa shape index (κ3) is 3.00. The maximum atomic E-state index is 11.2. The van der Waals surface area contributed by atoms with Crippen LogP contribution in [0.2, 0.25) is 0 Å². The molecule has 0 aliphatic carbocycles. The molecule has 0 heterocycles. The largest absolute Gasteiger partial charge is 0.369 e. The van der Waals surface area contributed by atoms with Crippen LogP contribution in [-0.4, -0.2) is 5.91 Å². The molecule has 2 nitrogen and oxygen atoms in total. The Morgan fingerprint density at radius 1 is 1.00 bits per heavy atom. The molecule has 0 atom stereocenters. The molecular formula is C12H25NO. The monoisotopic (exact) mass is 199 g/mol. The molecule has 0 saturated heterocycles. The van der Waals surface area contributed by atoms with Gasteiger partial charge in [0.05, 0.1) is 0 Å². The van der Waals surface area contributed by atoms with Crippen molar-refractivity contribution in [3.63, 3.8) is 0 Å². The molecule has 1 amide bonds. The number of amides is 1. The fourth-order valence-electron chi connectivity index (χ4n) is 1.46. The third-order valence-corrected chi connectivity index (χ3v) is 3.58. The molecule has 14 heavy (non-hydrogen) atoms. The van der Waals surface area contributed by atoms with E-state index in [1.165, 1.54) is 0 Å². The van der Waals surface area contributed by atoms with E-state index in [2.05, 4.69) is 34.6 Å². The van der Waals surface area contributed by atoms with Gasteiger partial charge >= 0.3 is 0 Å². The summed E-state index contributed by atoms with van der Waals surface area (Å²) >= 11 is 0. The summed E-state index contributed by atoms with van der Waals surface area (Å²) in [4.78, 5) is 11.2. The van der Waals surface area contributed by atoms with Gasteiger partial charge in [-0.05, 0) is 17.3 Å². The standard InChI is InChI=1S/C12H25NO/c1-10(2,3)12(6,7)8-11(4,5)9(13)14/h8H2,1-7H3,(H2,13,14). The van der Waals surface area contributed by atoms with Gasteiger partial charge in [-0.3, -0.25) is 4.79 Å². The predicted octanol–water partition coefficient (Wildman–Crippen LogP) is 2.96. The highest BCUT2D eigenvalue weighted by molar-refractivity contribution is 5.79. The van der Waals surface area contributed by atoms with E-state index < -0.39 is 5.41 Å².